The summed E-state index contributed by atoms with van der Waals surface area (Å²) in [7, 11) is 0. The van der Waals surface area contributed by atoms with Crippen molar-refractivity contribution in [3.05, 3.63) is 107 Å². The van der Waals surface area contributed by atoms with Gasteiger partial charge >= 0.3 is 0 Å². The smallest absolute Gasteiger partial charge is 0.0339 e. The van der Waals surface area contributed by atoms with Crippen molar-refractivity contribution in [1.82, 2.24) is 0 Å². The molecule has 0 nitrogen and oxygen atoms in total. The van der Waals surface area contributed by atoms with Gasteiger partial charge < -0.3 is 0 Å². The third-order valence-electron chi connectivity index (χ3n) is 12.4. The van der Waals surface area contributed by atoms with Gasteiger partial charge in [0.1, 0.15) is 0 Å². The molecule has 0 saturated heterocycles. The van der Waals surface area contributed by atoms with E-state index in [1.54, 1.807) is 0 Å². The summed E-state index contributed by atoms with van der Waals surface area (Å²) in [6.07, 6.45) is 48.2. The van der Waals surface area contributed by atoms with Crippen molar-refractivity contribution in [1.29, 1.82) is 0 Å². The monoisotopic (exact) mass is 749 g/mol. The summed E-state index contributed by atoms with van der Waals surface area (Å²) in [6.45, 7) is 4.61. The van der Waals surface area contributed by atoms with E-state index in [2.05, 4.69) is 92.7 Å². The first-order valence-electron chi connectivity index (χ1n) is 24.5. The van der Waals surface area contributed by atoms with Crippen LogP contribution in [0, 0.1) is 0 Å². The van der Waals surface area contributed by atoms with E-state index >= 15 is 0 Å². The maximum atomic E-state index is 2.41. The molecule has 0 aliphatic rings. The van der Waals surface area contributed by atoms with Crippen molar-refractivity contribution >= 4 is 0 Å². The first-order chi connectivity index (χ1) is 27.3. The standard InChI is InChI=1S/C55H88/c1-3-5-7-9-11-13-15-17-19-21-23-25-27-29-31-34-38-50-42-46-53(47-43-50)55(52-40-36-33-37-41-52)54-48-44-51(45-49-54)39-35-32-30-28-26-24-22-20-18-16-14-12-10-8-6-4-2/h33,36-37,40-49,55H,3-32,34-35,38-39H2,1-2H3. The van der Waals surface area contributed by atoms with Crippen molar-refractivity contribution in [3.8, 4) is 0 Å². The molecule has 0 aliphatic carbocycles. The summed E-state index contributed by atoms with van der Waals surface area (Å²) >= 11 is 0. The molecule has 0 aliphatic heterocycles. The van der Waals surface area contributed by atoms with E-state index in [1.165, 1.54) is 246 Å². The number of hydrogen-bond donors (Lipinski definition) is 0. The van der Waals surface area contributed by atoms with Crippen molar-refractivity contribution in [2.45, 2.75) is 238 Å². The minimum atomic E-state index is 0.287. The molecule has 0 aromatic heterocycles. The van der Waals surface area contributed by atoms with E-state index in [1.807, 2.05) is 0 Å². The normalized spacial score (nSPS) is 11.5. The zero-order chi connectivity index (χ0) is 38.7. The Kier molecular flexibility index (Phi) is 28.9. The molecule has 0 N–H and O–H groups in total. The van der Waals surface area contributed by atoms with Gasteiger partial charge in [-0.2, -0.15) is 0 Å². The van der Waals surface area contributed by atoms with Crippen LogP contribution in [0.3, 0.4) is 0 Å². The molecule has 0 fully saturated rings. The van der Waals surface area contributed by atoms with E-state index in [0.717, 1.165) is 0 Å². The Morgan fingerprint density at radius 3 is 0.764 bits per heavy atom. The average Bonchev–Trinajstić information content (AvgIpc) is 3.22. The van der Waals surface area contributed by atoms with Crippen molar-refractivity contribution in [3.63, 3.8) is 0 Å². The Labute approximate surface area is 343 Å². The highest BCUT2D eigenvalue weighted by Crippen LogP contribution is 2.32. The first kappa shape index (κ1) is 47.0. The molecule has 3 rings (SSSR count). The SMILES string of the molecule is CCCCCCCCCCCCCCCCCCc1ccc(C(c2ccccc2)c2ccc(CCCCCCCCCCCCCCCCCC)cc2)cc1. The van der Waals surface area contributed by atoms with Gasteiger partial charge in [0.25, 0.3) is 0 Å². The van der Waals surface area contributed by atoms with Crippen LogP contribution >= 0.6 is 0 Å². The lowest BCUT2D eigenvalue weighted by molar-refractivity contribution is 0.529. The lowest BCUT2D eigenvalue weighted by Gasteiger charge is -2.20. The van der Waals surface area contributed by atoms with Gasteiger partial charge in [-0.15, -0.1) is 0 Å². The van der Waals surface area contributed by atoms with Gasteiger partial charge in [0, 0.05) is 5.92 Å². The van der Waals surface area contributed by atoms with Crippen LogP contribution in [0.15, 0.2) is 78.9 Å². The molecule has 0 heteroatoms. The maximum Gasteiger partial charge on any atom is 0.0339 e. The van der Waals surface area contributed by atoms with Crippen LogP contribution in [0.2, 0.25) is 0 Å². The summed E-state index contributed by atoms with van der Waals surface area (Å²) in [5.41, 5.74) is 7.20. The second-order valence-corrected chi connectivity index (χ2v) is 17.4. The van der Waals surface area contributed by atoms with Crippen LogP contribution in [0.5, 0.6) is 0 Å². The number of rotatable bonds is 37. The Morgan fingerprint density at radius 2 is 0.491 bits per heavy atom. The molecule has 0 atom stereocenters. The fraction of sp³-hybridized carbons (Fsp3) is 0.673. The molecule has 0 spiro atoms. The van der Waals surface area contributed by atoms with Crippen molar-refractivity contribution < 1.29 is 0 Å². The average molecular weight is 749 g/mol. The fourth-order valence-electron chi connectivity index (χ4n) is 8.73. The lowest BCUT2D eigenvalue weighted by Crippen LogP contribution is -2.04. The third-order valence-corrected chi connectivity index (χ3v) is 12.4. The van der Waals surface area contributed by atoms with E-state index in [-0.39, 0.29) is 5.92 Å². The maximum absolute atomic E-state index is 2.41. The summed E-state index contributed by atoms with van der Waals surface area (Å²) < 4.78 is 0. The topological polar surface area (TPSA) is 0 Å². The van der Waals surface area contributed by atoms with E-state index < -0.39 is 0 Å². The number of aryl methyl sites for hydroxylation is 2. The summed E-state index contributed by atoms with van der Waals surface area (Å²) in [4.78, 5) is 0. The molecule has 0 unspecified atom stereocenters. The number of unbranched alkanes of at least 4 members (excludes halogenated alkanes) is 30. The van der Waals surface area contributed by atoms with Gasteiger partial charge in [-0.05, 0) is 53.5 Å². The highest BCUT2D eigenvalue weighted by atomic mass is 14.2. The van der Waals surface area contributed by atoms with Crippen molar-refractivity contribution in [2.75, 3.05) is 0 Å². The van der Waals surface area contributed by atoms with Gasteiger partial charge in [-0.1, -0.05) is 285 Å². The Bertz CT molecular complexity index is 1140. The van der Waals surface area contributed by atoms with Crippen LogP contribution in [-0.2, 0) is 12.8 Å². The predicted octanol–water partition coefficient (Wildman–Crippen LogP) is 18.5. The lowest BCUT2D eigenvalue weighted by atomic mass is 9.84. The Morgan fingerprint density at radius 1 is 0.255 bits per heavy atom. The summed E-state index contributed by atoms with van der Waals surface area (Å²) in [5.74, 6) is 0.287. The minimum Gasteiger partial charge on any atom is -0.0654 e. The van der Waals surface area contributed by atoms with Crippen LogP contribution < -0.4 is 0 Å². The molecular weight excluding hydrogens is 661 g/mol. The molecule has 0 heterocycles. The molecule has 0 amide bonds. The number of hydrogen-bond acceptors (Lipinski definition) is 0. The van der Waals surface area contributed by atoms with Gasteiger partial charge in [-0.25, -0.2) is 0 Å². The fourth-order valence-corrected chi connectivity index (χ4v) is 8.73. The third kappa shape index (κ3) is 23.5. The van der Waals surface area contributed by atoms with Crippen LogP contribution in [-0.4, -0.2) is 0 Å². The Balaban J connectivity index is 1.26. The van der Waals surface area contributed by atoms with Crippen LogP contribution in [0.4, 0.5) is 0 Å². The summed E-state index contributed by atoms with van der Waals surface area (Å²) in [5, 5.41) is 0. The van der Waals surface area contributed by atoms with E-state index in [9.17, 15) is 0 Å². The van der Waals surface area contributed by atoms with E-state index in [0.29, 0.717) is 0 Å². The molecule has 55 heavy (non-hydrogen) atoms. The van der Waals surface area contributed by atoms with Gasteiger partial charge in [-0.3, -0.25) is 0 Å². The first-order valence-corrected chi connectivity index (χ1v) is 24.5. The molecule has 0 saturated carbocycles. The minimum absolute atomic E-state index is 0.287. The molecular formula is C55H88. The second-order valence-electron chi connectivity index (χ2n) is 17.4. The van der Waals surface area contributed by atoms with Crippen molar-refractivity contribution in [2.24, 2.45) is 0 Å². The molecule has 3 aromatic rings. The van der Waals surface area contributed by atoms with Crippen LogP contribution in [0.25, 0.3) is 0 Å². The van der Waals surface area contributed by atoms with Gasteiger partial charge in [0.2, 0.25) is 0 Å². The van der Waals surface area contributed by atoms with Gasteiger partial charge in [0.05, 0.1) is 0 Å². The largest absolute Gasteiger partial charge is 0.0654 e. The van der Waals surface area contributed by atoms with E-state index in [4.69, 9.17) is 0 Å². The summed E-state index contributed by atoms with van der Waals surface area (Å²) in [6, 6.07) is 30.4. The highest BCUT2D eigenvalue weighted by molar-refractivity contribution is 5.44. The molecule has 0 bridgehead atoms. The van der Waals surface area contributed by atoms with Gasteiger partial charge in [0.15, 0.2) is 0 Å². The highest BCUT2D eigenvalue weighted by Gasteiger charge is 2.16. The molecule has 308 valence electrons. The molecule has 0 radical (unpaired) electrons. The molecule has 3 aromatic carbocycles. The number of benzene rings is 3. The van der Waals surface area contributed by atoms with Crippen LogP contribution in [0.1, 0.15) is 253 Å². The zero-order valence-corrected chi connectivity index (χ0v) is 36.6. The predicted molar refractivity (Wildman–Crippen MR) is 247 cm³/mol. The second kappa shape index (κ2) is 33.8. The Hall–Kier alpha value is -2.34. The quantitative estimate of drug-likeness (QED) is 0.0407. The zero-order valence-electron chi connectivity index (χ0n) is 36.6.